The lowest BCUT2D eigenvalue weighted by Gasteiger charge is -2.31. The number of carbonyl (C=O) groups is 1. The first-order valence-electron chi connectivity index (χ1n) is 10.7. The van der Waals surface area contributed by atoms with E-state index in [-0.39, 0.29) is 12.2 Å². The van der Waals surface area contributed by atoms with E-state index in [1.807, 2.05) is 31.2 Å². The fraction of sp³-hybridized carbons (Fsp3) is 0.682. The molecule has 1 atom stereocenters. The molecule has 0 aliphatic carbocycles. The molecule has 0 spiro atoms. The van der Waals surface area contributed by atoms with Gasteiger partial charge in [0, 0.05) is 38.5 Å². The van der Waals surface area contributed by atoms with Gasteiger partial charge in [-0.15, -0.1) is 0 Å². The van der Waals surface area contributed by atoms with Gasteiger partial charge in [0.2, 0.25) is 0 Å². The molecule has 0 radical (unpaired) electrons. The van der Waals surface area contributed by atoms with Crippen molar-refractivity contribution in [3.63, 3.8) is 0 Å². The maximum absolute atomic E-state index is 11.7. The van der Waals surface area contributed by atoms with Gasteiger partial charge >= 0.3 is 6.09 Å². The van der Waals surface area contributed by atoms with Crippen LogP contribution < -0.4 is 9.47 Å². The predicted molar refractivity (Wildman–Crippen MR) is 109 cm³/mol. The van der Waals surface area contributed by atoms with Crippen LogP contribution in [0.2, 0.25) is 0 Å². The van der Waals surface area contributed by atoms with Gasteiger partial charge in [-0.25, -0.2) is 4.79 Å². The lowest BCUT2D eigenvalue weighted by Crippen LogP contribution is -2.42. The van der Waals surface area contributed by atoms with Crippen LogP contribution in [0, 0.1) is 0 Å². The SMILES string of the molecule is CCOC(=O)N1CCC(Oc2ccc(OCCCN3CCC[C@H]3C)cc2)CC1. The molecule has 1 aromatic rings. The molecule has 2 fully saturated rings. The quantitative estimate of drug-likeness (QED) is 0.629. The Morgan fingerprint density at radius 2 is 1.79 bits per heavy atom. The van der Waals surface area contributed by atoms with Crippen molar-refractivity contribution in [1.29, 1.82) is 0 Å². The molecule has 6 nitrogen and oxygen atoms in total. The highest BCUT2D eigenvalue weighted by Crippen LogP contribution is 2.23. The number of carbonyl (C=O) groups excluding carboxylic acids is 1. The van der Waals surface area contributed by atoms with E-state index in [1.165, 1.54) is 19.4 Å². The van der Waals surface area contributed by atoms with Crippen molar-refractivity contribution in [3.8, 4) is 11.5 Å². The minimum absolute atomic E-state index is 0.139. The third-order valence-electron chi connectivity index (χ3n) is 5.64. The molecule has 1 amide bonds. The number of benzene rings is 1. The lowest BCUT2D eigenvalue weighted by molar-refractivity contribution is 0.0703. The topological polar surface area (TPSA) is 51.2 Å². The monoisotopic (exact) mass is 390 g/mol. The Morgan fingerprint density at radius 3 is 2.43 bits per heavy atom. The smallest absolute Gasteiger partial charge is 0.409 e. The normalized spacial score (nSPS) is 20.9. The molecule has 3 rings (SSSR count). The number of piperidine rings is 1. The molecular weight excluding hydrogens is 356 g/mol. The zero-order valence-corrected chi connectivity index (χ0v) is 17.3. The Labute approximate surface area is 168 Å². The van der Waals surface area contributed by atoms with Gasteiger partial charge in [0.05, 0.1) is 13.2 Å². The average molecular weight is 391 g/mol. The Balaban J connectivity index is 1.34. The Morgan fingerprint density at radius 1 is 1.07 bits per heavy atom. The van der Waals surface area contributed by atoms with Crippen LogP contribution >= 0.6 is 0 Å². The van der Waals surface area contributed by atoms with Crippen LogP contribution in [0.3, 0.4) is 0 Å². The largest absolute Gasteiger partial charge is 0.494 e. The van der Waals surface area contributed by atoms with Crippen LogP contribution in [-0.4, -0.2) is 67.4 Å². The van der Waals surface area contributed by atoms with Crippen molar-refractivity contribution in [2.24, 2.45) is 0 Å². The molecule has 2 heterocycles. The van der Waals surface area contributed by atoms with Crippen molar-refractivity contribution >= 4 is 6.09 Å². The van der Waals surface area contributed by atoms with Gasteiger partial charge in [-0.05, 0) is 63.9 Å². The maximum Gasteiger partial charge on any atom is 0.409 e. The predicted octanol–water partition coefficient (Wildman–Crippen LogP) is 3.94. The Hall–Kier alpha value is -1.95. The number of hydrogen-bond donors (Lipinski definition) is 0. The summed E-state index contributed by atoms with van der Waals surface area (Å²) in [5.41, 5.74) is 0. The number of amides is 1. The van der Waals surface area contributed by atoms with E-state index < -0.39 is 0 Å². The Kier molecular flexibility index (Phi) is 7.83. The number of hydrogen-bond acceptors (Lipinski definition) is 5. The van der Waals surface area contributed by atoms with E-state index in [2.05, 4.69) is 11.8 Å². The van der Waals surface area contributed by atoms with Gasteiger partial charge in [-0.2, -0.15) is 0 Å². The lowest BCUT2D eigenvalue weighted by atomic mass is 10.1. The van der Waals surface area contributed by atoms with E-state index in [9.17, 15) is 4.79 Å². The highest BCUT2D eigenvalue weighted by atomic mass is 16.6. The summed E-state index contributed by atoms with van der Waals surface area (Å²) in [6.45, 7) is 9.01. The van der Waals surface area contributed by atoms with E-state index in [0.29, 0.717) is 19.7 Å². The highest BCUT2D eigenvalue weighted by Gasteiger charge is 2.24. The first-order chi connectivity index (χ1) is 13.7. The standard InChI is InChI=1S/C22H34N2O4/c1-3-26-22(25)24-15-11-21(12-16-24)28-20-9-7-19(8-10-20)27-17-5-14-23-13-4-6-18(23)2/h7-10,18,21H,3-6,11-17H2,1-2H3/t18-/m1/s1. The summed E-state index contributed by atoms with van der Waals surface area (Å²) in [4.78, 5) is 16.0. The van der Waals surface area contributed by atoms with Gasteiger partial charge in [-0.1, -0.05) is 0 Å². The minimum atomic E-state index is -0.221. The summed E-state index contributed by atoms with van der Waals surface area (Å²) >= 11 is 0. The van der Waals surface area contributed by atoms with Gasteiger partial charge in [-0.3, -0.25) is 0 Å². The fourth-order valence-corrected chi connectivity index (χ4v) is 3.96. The van der Waals surface area contributed by atoms with Crippen LogP contribution in [0.5, 0.6) is 11.5 Å². The van der Waals surface area contributed by atoms with E-state index in [1.54, 1.807) is 4.90 Å². The number of nitrogens with zero attached hydrogens (tertiary/aromatic N) is 2. The molecule has 2 aliphatic heterocycles. The van der Waals surface area contributed by atoms with E-state index >= 15 is 0 Å². The van der Waals surface area contributed by atoms with Crippen molar-refractivity contribution < 1.29 is 19.0 Å². The van der Waals surface area contributed by atoms with Crippen LogP contribution in [0.25, 0.3) is 0 Å². The van der Waals surface area contributed by atoms with Crippen LogP contribution in [0.4, 0.5) is 4.79 Å². The second kappa shape index (κ2) is 10.6. The summed E-state index contributed by atoms with van der Waals surface area (Å²) in [6, 6.07) is 8.61. The summed E-state index contributed by atoms with van der Waals surface area (Å²) in [6.07, 6.45) is 5.27. The molecule has 0 unspecified atom stereocenters. The van der Waals surface area contributed by atoms with Gasteiger partial charge in [0.1, 0.15) is 17.6 Å². The van der Waals surface area contributed by atoms with Crippen molar-refractivity contribution in [2.45, 2.75) is 58.1 Å². The molecule has 0 aromatic heterocycles. The van der Waals surface area contributed by atoms with E-state index in [4.69, 9.17) is 14.2 Å². The average Bonchev–Trinajstić information content (AvgIpc) is 3.12. The van der Waals surface area contributed by atoms with E-state index in [0.717, 1.165) is 50.0 Å². The minimum Gasteiger partial charge on any atom is -0.494 e. The molecule has 0 N–H and O–H groups in total. The number of rotatable bonds is 8. The molecule has 0 bridgehead atoms. The molecule has 1 aromatic carbocycles. The molecule has 2 aliphatic rings. The number of likely N-dealkylation sites (tertiary alicyclic amines) is 2. The maximum atomic E-state index is 11.7. The second-order valence-electron chi connectivity index (χ2n) is 7.70. The van der Waals surface area contributed by atoms with Crippen LogP contribution in [-0.2, 0) is 4.74 Å². The summed E-state index contributed by atoms with van der Waals surface area (Å²) in [5.74, 6) is 1.74. The third-order valence-corrected chi connectivity index (χ3v) is 5.64. The zero-order valence-electron chi connectivity index (χ0n) is 17.3. The fourth-order valence-electron chi connectivity index (χ4n) is 3.96. The van der Waals surface area contributed by atoms with Gasteiger partial charge in [0.25, 0.3) is 0 Å². The van der Waals surface area contributed by atoms with Crippen LogP contribution in [0.1, 0.15) is 46.0 Å². The third kappa shape index (κ3) is 6.03. The first kappa shape index (κ1) is 20.8. The molecule has 6 heteroatoms. The van der Waals surface area contributed by atoms with Gasteiger partial charge < -0.3 is 24.0 Å². The van der Waals surface area contributed by atoms with Crippen molar-refractivity contribution in [1.82, 2.24) is 9.80 Å². The number of ether oxygens (including phenoxy) is 3. The van der Waals surface area contributed by atoms with Crippen molar-refractivity contribution in [3.05, 3.63) is 24.3 Å². The second-order valence-corrected chi connectivity index (χ2v) is 7.70. The summed E-state index contributed by atoms with van der Waals surface area (Å²) < 4.78 is 17.0. The first-order valence-corrected chi connectivity index (χ1v) is 10.7. The summed E-state index contributed by atoms with van der Waals surface area (Å²) in [7, 11) is 0. The molecule has 156 valence electrons. The molecule has 0 saturated carbocycles. The summed E-state index contributed by atoms with van der Waals surface area (Å²) in [5, 5.41) is 0. The van der Waals surface area contributed by atoms with Crippen molar-refractivity contribution in [2.75, 3.05) is 39.4 Å². The zero-order chi connectivity index (χ0) is 19.8. The van der Waals surface area contributed by atoms with Crippen LogP contribution in [0.15, 0.2) is 24.3 Å². The molecular formula is C22H34N2O4. The Bertz CT molecular complexity index is 599. The molecule has 2 saturated heterocycles. The molecule has 28 heavy (non-hydrogen) atoms. The highest BCUT2D eigenvalue weighted by molar-refractivity contribution is 5.67. The van der Waals surface area contributed by atoms with Gasteiger partial charge in [0.15, 0.2) is 0 Å².